The van der Waals surface area contributed by atoms with Gasteiger partial charge in [-0.3, -0.25) is 4.79 Å². The number of carbonyl (C=O) groups excluding carboxylic acids is 3. The molecule has 0 aliphatic carbocycles. The van der Waals surface area contributed by atoms with Crippen LogP contribution >= 0.6 is 0 Å². The molecular weight excluding hydrogens is 322 g/mol. The van der Waals surface area contributed by atoms with Crippen molar-refractivity contribution in [3.8, 4) is 0 Å². The summed E-state index contributed by atoms with van der Waals surface area (Å²) in [7, 11) is 0. The highest BCUT2D eigenvalue weighted by Crippen LogP contribution is 2.30. The first-order chi connectivity index (χ1) is 11.7. The number of benzene rings is 1. The predicted octanol–water partition coefficient (Wildman–Crippen LogP) is 2.94. The molecule has 0 spiro atoms. The average molecular weight is 347 g/mol. The maximum absolute atomic E-state index is 12.8. The van der Waals surface area contributed by atoms with Crippen LogP contribution in [0.25, 0.3) is 0 Å². The van der Waals surface area contributed by atoms with Crippen LogP contribution in [-0.2, 0) is 25.5 Å². The summed E-state index contributed by atoms with van der Waals surface area (Å²) in [5.41, 5.74) is 0.225. The fourth-order valence-electron chi connectivity index (χ4n) is 2.86. The molecule has 0 aromatic heterocycles. The monoisotopic (exact) mass is 347 g/mol. The molecule has 6 heteroatoms. The largest absolute Gasteiger partial charge is 0.464 e. The lowest BCUT2D eigenvalue weighted by Gasteiger charge is -2.26. The Morgan fingerprint density at radius 2 is 1.84 bits per heavy atom. The average Bonchev–Trinajstić information content (AvgIpc) is 2.84. The van der Waals surface area contributed by atoms with Crippen molar-refractivity contribution < 1.29 is 23.9 Å². The molecular formula is C19H25NO5. The molecule has 1 aromatic carbocycles. The molecule has 1 heterocycles. The maximum atomic E-state index is 12.8. The van der Waals surface area contributed by atoms with E-state index in [0.717, 1.165) is 10.5 Å². The highest BCUT2D eigenvalue weighted by molar-refractivity contribution is 6.00. The Hall–Kier alpha value is -2.37. The maximum Gasteiger partial charge on any atom is 0.417 e. The van der Waals surface area contributed by atoms with Gasteiger partial charge < -0.3 is 9.47 Å². The second-order valence-electron chi connectivity index (χ2n) is 7.08. The van der Waals surface area contributed by atoms with Gasteiger partial charge in [-0.15, -0.1) is 0 Å². The number of imide groups is 1. The van der Waals surface area contributed by atoms with E-state index >= 15 is 0 Å². The molecule has 0 N–H and O–H groups in total. The summed E-state index contributed by atoms with van der Waals surface area (Å²) < 4.78 is 10.4. The molecule has 2 atom stereocenters. The quantitative estimate of drug-likeness (QED) is 0.783. The van der Waals surface area contributed by atoms with Gasteiger partial charge >= 0.3 is 12.1 Å². The summed E-state index contributed by atoms with van der Waals surface area (Å²) in [5.74, 6) is -1.42. The molecule has 25 heavy (non-hydrogen) atoms. The summed E-state index contributed by atoms with van der Waals surface area (Å²) >= 11 is 0. The Morgan fingerprint density at radius 3 is 2.40 bits per heavy atom. The lowest BCUT2D eigenvalue weighted by atomic mass is 9.96. The van der Waals surface area contributed by atoms with Crippen molar-refractivity contribution >= 4 is 18.0 Å². The highest BCUT2D eigenvalue weighted by atomic mass is 16.6. The lowest BCUT2D eigenvalue weighted by molar-refractivity contribution is -0.151. The van der Waals surface area contributed by atoms with Gasteiger partial charge in [0.15, 0.2) is 0 Å². The fraction of sp³-hybridized carbons (Fsp3) is 0.526. The van der Waals surface area contributed by atoms with Gasteiger partial charge in [0.25, 0.3) is 0 Å². The molecule has 0 saturated carbocycles. The van der Waals surface area contributed by atoms with Gasteiger partial charge in [-0.25, -0.2) is 14.5 Å². The smallest absolute Gasteiger partial charge is 0.417 e. The van der Waals surface area contributed by atoms with Crippen molar-refractivity contribution in [1.82, 2.24) is 4.90 Å². The highest BCUT2D eigenvalue weighted by Gasteiger charge is 2.48. The van der Waals surface area contributed by atoms with Gasteiger partial charge in [0, 0.05) is 5.92 Å². The van der Waals surface area contributed by atoms with Crippen LogP contribution in [-0.4, -0.2) is 41.1 Å². The number of hydrogen-bond acceptors (Lipinski definition) is 5. The van der Waals surface area contributed by atoms with Crippen molar-refractivity contribution in [2.45, 2.75) is 52.2 Å². The van der Waals surface area contributed by atoms with Crippen LogP contribution in [0.1, 0.15) is 39.7 Å². The van der Waals surface area contributed by atoms with E-state index in [-0.39, 0.29) is 13.0 Å². The lowest BCUT2D eigenvalue weighted by Crippen LogP contribution is -2.46. The minimum atomic E-state index is -0.934. The van der Waals surface area contributed by atoms with Gasteiger partial charge in [0.05, 0.1) is 6.61 Å². The van der Waals surface area contributed by atoms with Crippen LogP contribution < -0.4 is 0 Å². The third-order valence-electron chi connectivity index (χ3n) is 3.88. The number of hydrogen-bond donors (Lipinski definition) is 0. The molecule has 1 fully saturated rings. The molecule has 136 valence electrons. The Labute approximate surface area is 148 Å². The molecule has 1 aliphatic heterocycles. The number of carbonyl (C=O) groups is 3. The first kappa shape index (κ1) is 19.0. The van der Waals surface area contributed by atoms with Crippen LogP contribution in [0.4, 0.5) is 4.79 Å². The standard InChI is InChI=1S/C19H25NO5/c1-5-24-17(22)15-12-14(11-13-9-7-6-8-10-13)16(21)20(15)18(23)25-19(2,3)4/h6-10,14-15H,5,11-12H2,1-4H3/t14-,15+/m1/s1. The normalized spacial score (nSPS) is 20.5. The van der Waals surface area contributed by atoms with Crippen LogP contribution in [0.15, 0.2) is 30.3 Å². The topological polar surface area (TPSA) is 72.9 Å². The van der Waals surface area contributed by atoms with E-state index in [2.05, 4.69) is 0 Å². The number of ether oxygens (including phenoxy) is 2. The zero-order valence-corrected chi connectivity index (χ0v) is 15.2. The van der Waals surface area contributed by atoms with E-state index in [1.807, 2.05) is 30.3 Å². The minimum absolute atomic E-state index is 0.190. The second-order valence-corrected chi connectivity index (χ2v) is 7.08. The van der Waals surface area contributed by atoms with E-state index in [1.54, 1.807) is 27.7 Å². The molecule has 1 aliphatic rings. The number of nitrogens with zero attached hydrogens (tertiary/aromatic N) is 1. The van der Waals surface area contributed by atoms with Crippen molar-refractivity contribution in [1.29, 1.82) is 0 Å². The zero-order chi connectivity index (χ0) is 18.6. The van der Waals surface area contributed by atoms with Gasteiger partial charge in [-0.05, 0) is 46.1 Å². The predicted molar refractivity (Wildman–Crippen MR) is 91.8 cm³/mol. The van der Waals surface area contributed by atoms with Gasteiger partial charge in [0.1, 0.15) is 11.6 Å². The minimum Gasteiger partial charge on any atom is -0.464 e. The SMILES string of the molecule is CCOC(=O)[C@@H]1C[C@@H](Cc2ccccc2)C(=O)N1C(=O)OC(C)(C)C. The first-order valence-electron chi connectivity index (χ1n) is 8.49. The Balaban J connectivity index is 2.22. The van der Waals surface area contributed by atoms with Crippen LogP contribution in [0.3, 0.4) is 0 Å². The summed E-state index contributed by atoms with van der Waals surface area (Å²) in [6.45, 7) is 7.02. The van der Waals surface area contributed by atoms with Gasteiger partial charge in [0.2, 0.25) is 5.91 Å². The molecule has 6 nitrogen and oxygen atoms in total. The molecule has 0 bridgehead atoms. The third-order valence-corrected chi connectivity index (χ3v) is 3.88. The number of amides is 2. The number of esters is 1. The molecule has 1 aromatic rings. The summed E-state index contributed by atoms with van der Waals surface area (Å²) in [4.78, 5) is 38.4. The number of rotatable bonds is 4. The molecule has 1 saturated heterocycles. The van der Waals surface area contributed by atoms with E-state index in [9.17, 15) is 14.4 Å². The van der Waals surface area contributed by atoms with Crippen molar-refractivity contribution in [2.24, 2.45) is 5.92 Å². The summed E-state index contributed by atoms with van der Waals surface area (Å²) in [6.07, 6.45) is -0.0909. The van der Waals surface area contributed by atoms with Gasteiger partial charge in [-0.1, -0.05) is 30.3 Å². The zero-order valence-electron chi connectivity index (χ0n) is 15.2. The van der Waals surface area contributed by atoms with Crippen LogP contribution in [0, 0.1) is 5.92 Å². The summed E-state index contributed by atoms with van der Waals surface area (Å²) in [5, 5.41) is 0. The van der Waals surface area contributed by atoms with E-state index < -0.39 is 35.5 Å². The Morgan fingerprint density at radius 1 is 1.20 bits per heavy atom. The van der Waals surface area contributed by atoms with Crippen molar-refractivity contribution in [3.63, 3.8) is 0 Å². The third kappa shape index (κ3) is 4.81. The van der Waals surface area contributed by atoms with E-state index in [1.165, 1.54) is 0 Å². The fourth-order valence-corrected chi connectivity index (χ4v) is 2.86. The summed E-state index contributed by atoms with van der Waals surface area (Å²) in [6, 6.07) is 8.59. The van der Waals surface area contributed by atoms with E-state index in [0.29, 0.717) is 6.42 Å². The molecule has 0 radical (unpaired) electrons. The van der Waals surface area contributed by atoms with E-state index in [4.69, 9.17) is 9.47 Å². The molecule has 0 unspecified atom stereocenters. The van der Waals surface area contributed by atoms with Crippen molar-refractivity contribution in [2.75, 3.05) is 6.61 Å². The van der Waals surface area contributed by atoms with Crippen LogP contribution in [0.2, 0.25) is 0 Å². The van der Waals surface area contributed by atoms with Crippen molar-refractivity contribution in [3.05, 3.63) is 35.9 Å². The first-order valence-corrected chi connectivity index (χ1v) is 8.49. The Bertz CT molecular complexity index is 635. The molecule has 2 amide bonds. The van der Waals surface area contributed by atoms with Gasteiger partial charge in [-0.2, -0.15) is 0 Å². The second kappa shape index (κ2) is 7.68. The van der Waals surface area contributed by atoms with Crippen LogP contribution in [0.5, 0.6) is 0 Å². The Kier molecular flexibility index (Phi) is 5.82. The number of likely N-dealkylation sites (tertiary alicyclic amines) is 1. The molecule has 2 rings (SSSR count).